The number of hydrogen-bond donors (Lipinski definition) is 0. The summed E-state index contributed by atoms with van der Waals surface area (Å²) in [6, 6.07) is 7.80. The summed E-state index contributed by atoms with van der Waals surface area (Å²) in [5.41, 5.74) is -0.130. The first-order chi connectivity index (χ1) is 8.13. The number of nitrogens with zero attached hydrogens (tertiary/aromatic N) is 3. The minimum absolute atomic E-state index is 0.0775. The van der Waals surface area contributed by atoms with E-state index in [4.69, 9.17) is 5.26 Å². The molecule has 4 nitrogen and oxygen atoms in total. The Morgan fingerprint density at radius 3 is 2.76 bits per heavy atom. The molecule has 0 N–H and O–H groups in total. The summed E-state index contributed by atoms with van der Waals surface area (Å²) in [4.78, 5) is 15.1. The zero-order valence-electron chi connectivity index (χ0n) is 9.01. The molecule has 0 aliphatic carbocycles. The van der Waals surface area contributed by atoms with Crippen molar-refractivity contribution in [2.75, 3.05) is 0 Å². The highest BCUT2D eigenvalue weighted by Crippen LogP contribution is 2.22. The van der Waals surface area contributed by atoms with Gasteiger partial charge in [0.2, 0.25) is 0 Å². The maximum Gasteiger partial charge on any atom is 0.347 e. The van der Waals surface area contributed by atoms with E-state index in [0.29, 0.717) is 0 Å². The standard InChI is InChI=1S/C12H8FN3O/c1-16-7-8(6-14)11(15-12(16)17)9-4-2-3-5-10(9)13/h2-5,7H,1H3. The van der Waals surface area contributed by atoms with Gasteiger partial charge in [0.15, 0.2) is 0 Å². The zero-order valence-corrected chi connectivity index (χ0v) is 9.01. The van der Waals surface area contributed by atoms with Crippen LogP contribution >= 0.6 is 0 Å². The van der Waals surface area contributed by atoms with Gasteiger partial charge in [0, 0.05) is 18.8 Å². The van der Waals surface area contributed by atoms with Crippen molar-refractivity contribution in [3.8, 4) is 17.3 Å². The molecule has 2 aromatic rings. The molecule has 0 unspecified atom stereocenters. The zero-order chi connectivity index (χ0) is 12.4. The molecule has 1 aromatic carbocycles. The summed E-state index contributed by atoms with van der Waals surface area (Å²) in [7, 11) is 1.49. The van der Waals surface area contributed by atoms with Gasteiger partial charge in [-0.15, -0.1) is 0 Å². The Bertz CT molecular complexity index is 670. The van der Waals surface area contributed by atoms with Crippen LogP contribution in [0.3, 0.4) is 0 Å². The van der Waals surface area contributed by atoms with Crippen LogP contribution in [0, 0.1) is 17.1 Å². The van der Waals surface area contributed by atoms with Gasteiger partial charge >= 0.3 is 5.69 Å². The van der Waals surface area contributed by atoms with E-state index < -0.39 is 11.5 Å². The predicted octanol–water partition coefficient (Wildman–Crippen LogP) is 1.46. The molecular weight excluding hydrogens is 221 g/mol. The van der Waals surface area contributed by atoms with E-state index in [2.05, 4.69) is 4.98 Å². The number of aromatic nitrogens is 2. The van der Waals surface area contributed by atoms with Crippen LogP contribution in [0.2, 0.25) is 0 Å². The lowest BCUT2D eigenvalue weighted by Gasteiger charge is -2.05. The first-order valence-electron chi connectivity index (χ1n) is 4.86. The Labute approximate surface area is 96.6 Å². The summed E-state index contributed by atoms with van der Waals surface area (Å²) in [6.07, 6.45) is 1.34. The number of nitriles is 1. The molecule has 0 bridgehead atoms. The highest BCUT2D eigenvalue weighted by Gasteiger charge is 2.12. The molecule has 2 rings (SSSR count). The first-order valence-corrected chi connectivity index (χ1v) is 4.86. The lowest BCUT2D eigenvalue weighted by Crippen LogP contribution is -2.21. The van der Waals surface area contributed by atoms with Crippen LogP contribution in [0.15, 0.2) is 35.3 Å². The molecule has 0 saturated carbocycles. The molecule has 0 spiro atoms. The van der Waals surface area contributed by atoms with Crippen LogP contribution in [-0.2, 0) is 7.05 Å². The Morgan fingerprint density at radius 1 is 1.41 bits per heavy atom. The highest BCUT2D eigenvalue weighted by atomic mass is 19.1. The second-order valence-electron chi connectivity index (χ2n) is 3.49. The van der Waals surface area contributed by atoms with Gasteiger partial charge in [0.25, 0.3) is 0 Å². The van der Waals surface area contributed by atoms with Crippen molar-refractivity contribution in [2.24, 2.45) is 7.05 Å². The number of benzene rings is 1. The molecule has 0 amide bonds. The third-order valence-corrected chi connectivity index (χ3v) is 2.34. The van der Waals surface area contributed by atoms with Crippen molar-refractivity contribution in [1.82, 2.24) is 9.55 Å². The van der Waals surface area contributed by atoms with Crippen molar-refractivity contribution in [3.05, 3.63) is 52.3 Å². The van der Waals surface area contributed by atoms with Gasteiger partial charge < -0.3 is 4.57 Å². The number of aryl methyl sites for hydroxylation is 1. The molecule has 0 radical (unpaired) electrons. The Balaban J connectivity index is 2.77. The average molecular weight is 229 g/mol. The first kappa shape index (κ1) is 11.0. The van der Waals surface area contributed by atoms with E-state index in [-0.39, 0.29) is 16.8 Å². The van der Waals surface area contributed by atoms with Gasteiger partial charge in [0.05, 0.1) is 11.3 Å². The Hall–Kier alpha value is -2.48. The predicted molar refractivity (Wildman–Crippen MR) is 59.6 cm³/mol. The van der Waals surface area contributed by atoms with Crippen molar-refractivity contribution >= 4 is 0 Å². The average Bonchev–Trinajstić information content (AvgIpc) is 2.33. The van der Waals surface area contributed by atoms with Crippen LogP contribution in [0.5, 0.6) is 0 Å². The molecule has 0 saturated heterocycles. The molecule has 0 aliphatic heterocycles. The molecule has 0 fully saturated rings. The summed E-state index contributed by atoms with van der Waals surface area (Å²) < 4.78 is 14.7. The third kappa shape index (κ3) is 1.93. The SMILES string of the molecule is Cn1cc(C#N)c(-c2ccccc2F)nc1=O. The topological polar surface area (TPSA) is 58.7 Å². The summed E-state index contributed by atoms with van der Waals surface area (Å²) in [5.74, 6) is -0.509. The van der Waals surface area contributed by atoms with Crippen molar-refractivity contribution in [2.45, 2.75) is 0 Å². The van der Waals surface area contributed by atoms with E-state index in [0.717, 1.165) is 0 Å². The van der Waals surface area contributed by atoms with Gasteiger partial charge in [-0.2, -0.15) is 10.2 Å². The fourth-order valence-corrected chi connectivity index (χ4v) is 1.49. The summed E-state index contributed by atoms with van der Waals surface area (Å²) >= 11 is 0. The smallest absolute Gasteiger partial charge is 0.301 e. The minimum atomic E-state index is -0.526. The second kappa shape index (κ2) is 4.18. The molecular formula is C12H8FN3O. The fourth-order valence-electron chi connectivity index (χ4n) is 1.49. The maximum absolute atomic E-state index is 13.6. The van der Waals surface area contributed by atoms with Crippen LogP contribution in [0.4, 0.5) is 4.39 Å². The molecule has 0 atom stereocenters. The Morgan fingerprint density at radius 2 is 2.12 bits per heavy atom. The van der Waals surface area contributed by atoms with Gasteiger partial charge in [-0.25, -0.2) is 9.18 Å². The van der Waals surface area contributed by atoms with Crippen LogP contribution < -0.4 is 5.69 Å². The Kier molecular flexibility index (Phi) is 2.71. The molecule has 1 aromatic heterocycles. The van der Waals surface area contributed by atoms with E-state index in [9.17, 15) is 9.18 Å². The molecule has 0 aliphatic rings. The lowest BCUT2D eigenvalue weighted by molar-refractivity contribution is 0.630. The van der Waals surface area contributed by atoms with Crippen molar-refractivity contribution < 1.29 is 4.39 Å². The lowest BCUT2D eigenvalue weighted by atomic mass is 10.1. The minimum Gasteiger partial charge on any atom is -0.301 e. The number of rotatable bonds is 1. The van der Waals surface area contributed by atoms with Crippen LogP contribution in [0.25, 0.3) is 11.3 Å². The van der Waals surface area contributed by atoms with Gasteiger partial charge in [-0.3, -0.25) is 0 Å². The van der Waals surface area contributed by atoms with E-state index >= 15 is 0 Å². The van der Waals surface area contributed by atoms with E-state index in [1.807, 2.05) is 6.07 Å². The molecule has 84 valence electrons. The molecule has 17 heavy (non-hydrogen) atoms. The maximum atomic E-state index is 13.6. The highest BCUT2D eigenvalue weighted by molar-refractivity contribution is 5.66. The number of halogens is 1. The summed E-state index contributed by atoms with van der Waals surface area (Å²) in [5, 5.41) is 8.96. The molecule has 1 heterocycles. The third-order valence-electron chi connectivity index (χ3n) is 2.34. The monoisotopic (exact) mass is 229 g/mol. The van der Waals surface area contributed by atoms with Crippen LogP contribution in [-0.4, -0.2) is 9.55 Å². The number of hydrogen-bond acceptors (Lipinski definition) is 3. The van der Waals surface area contributed by atoms with Gasteiger partial charge in [-0.05, 0) is 12.1 Å². The normalized spacial score (nSPS) is 9.94. The molecule has 5 heteroatoms. The quantitative estimate of drug-likeness (QED) is 0.743. The fraction of sp³-hybridized carbons (Fsp3) is 0.0833. The van der Waals surface area contributed by atoms with Crippen LogP contribution in [0.1, 0.15) is 5.56 Å². The largest absolute Gasteiger partial charge is 0.347 e. The van der Waals surface area contributed by atoms with E-state index in [1.165, 1.54) is 36.0 Å². The van der Waals surface area contributed by atoms with Gasteiger partial charge in [-0.1, -0.05) is 12.1 Å². The van der Waals surface area contributed by atoms with Gasteiger partial charge in [0.1, 0.15) is 11.9 Å². The van der Waals surface area contributed by atoms with Crippen molar-refractivity contribution in [1.29, 1.82) is 5.26 Å². The summed E-state index contributed by atoms with van der Waals surface area (Å²) in [6.45, 7) is 0. The van der Waals surface area contributed by atoms with Crippen molar-refractivity contribution in [3.63, 3.8) is 0 Å². The van der Waals surface area contributed by atoms with E-state index in [1.54, 1.807) is 6.07 Å². The second-order valence-corrected chi connectivity index (χ2v) is 3.49.